The van der Waals surface area contributed by atoms with Crippen molar-refractivity contribution in [3.05, 3.63) is 30.1 Å². The third kappa shape index (κ3) is 1.75. The quantitative estimate of drug-likeness (QED) is 0.799. The van der Waals surface area contributed by atoms with Gasteiger partial charge in [-0.15, -0.1) is 0 Å². The van der Waals surface area contributed by atoms with Crippen molar-refractivity contribution in [2.24, 2.45) is 5.92 Å². The second kappa shape index (κ2) is 4.15. The smallest absolute Gasteiger partial charge is 0.283 e. The number of hydrogen-bond donors (Lipinski definition) is 1. The van der Waals surface area contributed by atoms with Crippen LogP contribution in [0.15, 0.2) is 24.3 Å². The van der Waals surface area contributed by atoms with E-state index in [-0.39, 0.29) is 6.61 Å². The van der Waals surface area contributed by atoms with Crippen LogP contribution < -0.4 is 4.57 Å². The molecule has 1 fully saturated rings. The number of benzene rings is 1. The van der Waals surface area contributed by atoms with Crippen LogP contribution >= 0.6 is 0 Å². The molecule has 1 aromatic carbocycles. The number of aryl methyl sites for hydroxylation is 1. The van der Waals surface area contributed by atoms with Crippen LogP contribution in [-0.2, 0) is 19.7 Å². The number of aliphatic hydroxyl groups is 1. The van der Waals surface area contributed by atoms with Crippen LogP contribution in [0.5, 0.6) is 0 Å². The molecule has 1 aliphatic carbocycles. The second-order valence-electron chi connectivity index (χ2n) is 4.86. The number of imidazole rings is 1. The summed E-state index contributed by atoms with van der Waals surface area (Å²) in [6.45, 7) is 4.22. The van der Waals surface area contributed by atoms with E-state index in [4.69, 9.17) is 0 Å². The van der Waals surface area contributed by atoms with Crippen LogP contribution in [0.2, 0.25) is 0 Å². The van der Waals surface area contributed by atoms with Gasteiger partial charge in [0.15, 0.2) is 11.0 Å². The van der Waals surface area contributed by atoms with E-state index in [0.29, 0.717) is 0 Å². The minimum Gasteiger partial charge on any atom is -0.384 e. The van der Waals surface area contributed by atoms with Gasteiger partial charge in [0.1, 0.15) is 6.61 Å². The van der Waals surface area contributed by atoms with Crippen molar-refractivity contribution >= 4 is 11.0 Å². The molecule has 1 aromatic heterocycles. The number of nitrogens with zero attached hydrogens (tertiary/aromatic N) is 2. The Kier molecular flexibility index (Phi) is 2.63. The second-order valence-corrected chi connectivity index (χ2v) is 4.86. The summed E-state index contributed by atoms with van der Waals surface area (Å²) in [6, 6.07) is 8.44. The van der Waals surface area contributed by atoms with E-state index in [2.05, 4.69) is 40.3 Å². The number of fused-ring (bicyclic) bond motifs is 1. The van der Waals surface area contributed by atoms with E-state index < -0.39 is 0 Å². The topological polar surface area (TPSA) is 29.0 Å². The molecule has 3 nitrogen and oxygen atoms in total. The largest absolute Gasteiger partial charge is 0.384 e. The fourth-order valence-electron chi connectivity index (χ4n) is 2.63. The summed E-state index contributed by atoms with van der Waals surface area (Å²) in [5, 5.41) is 9.62. The van der Waals surface area contributed by atoms with Gasteiger partial charge in [-0.1, -0.05) is 12.1 Å². The molecule has 0 saturated heterocycles. The number of para-hydroxylation sites is 2. The summed E-state index contributed by atoms with van der Waals surface area (Å²) >= 11 is 0. The van der Waals surface area contributed by atoms with E-state index >= 15 is 0 Å². The van der Waals surface area contributed by atoms with Gasteiger partial charge in [-0.25, -0.2) is 9.13 Å². The Morgan fingerprint density at radius 3 is 2.76 bits per heavy atom. The van der Waals surface area contributed by atoms with E-state index in [9.17, 15) is 5.11 Å². The maximum Gasteiger partial charge on any atom is 0.283 e. The highest BCUT2D eigenvalue weighted by atomic mass is 16.3. The van der Waals surface area contributed by atoms with Crippen LogP contribution in [-0.4, -0.2) is 9.67 Å². The van der Waals surface area contributed by atoms with Crippen LogP contribution in [0, 0.1) is 5.92 Å². The molecule has 17 heavy (non-hydrogen) atoms. The van der Waals surface area contributed by atoms with Crippen LogP contribution in [0.4, 0.5) is 0 Å². The summed E-state index contributed by atoms with van der Waals surface area (Å²) in [5.74, 6) is 1.86. The van der Waals surface area contributed by atoms with Gasteiger partial charge >= 0.3 is 0 Å². The van der Waals surface area contributed by atoms with E-state index in [1.807, 2.05) is 0 Å². The predicted molar refractivity (Wildman–Crippen MR) is 66.5 cm³/mol. The average molecular weight is 231 g/mol. The number of aromatic nitrogens is 2. The van der Waals surface area contributed by atoms with Crippen LogP contribution in [0.25, 0.3) is 11.0 Å². The average Bonchev–Trinajstić information content (AvgIpc) is 3.12. The van der Waals surface area contributed by atoms with Gasteiger partial charge < -0.3 is 5.11 Å². The maximum absolute atomic E-state index is 9.62. The molecule has 1 heterocycles. The van der Waals surface area contributed by atoms with Crippen molar-refractivity contribution in [1.82, 2.24) is 4.57 Å². The first-order valence-electron chi connectivity index (χ1n) is 6.46. The molecule has 0 atom stereocenters. The maximum atomic E-state index is 9.62. The lowest BCUT2D eigenvalue weighted by Gasteiger charge is -2.00. The summed E-state index contributed by atoms with van der Waals surface area (Å²) in [5.41, 5.74) is 2.49. The van der Waals surface area contributed by atoms with Crippen molar-refractivity contribution < 1.29 is 9.67 Å². The molecule has 1 aliphatic rings. The molecule has 0 spiro atoms. The van der Waals surface area contributed by atoms with Crippen LogP contribution in [0.1, 0.15) is 25.6 Å². The molecule has 0 bridgehead atoms. The Labute approximate surface area is 101 Å². The van der Waals surface area contributed by atoms with Crippen LogP contribution in [0.3, 0.4) is 0 Å². The minimum atomic E-state index is 0.120. The Hall–Kier alpha value is -1.35. The van der Waals surface area contributed by atoms with Gasteiger partial charge in [0, 0.05) is 0 Å². The predicted octanol–water partition coefficient (Wildman–Crippen LogP) is 1.85. The monoisotopic (exact) mass is 231 g/mol. The molecule has 0 radical (unpaired) electrons. The molecule has 3 heteroatoms. The lowest BCUT2D eigenvalue weighted by Crippen LogP contribution is -2.39. The van der Waals surface area contributed by atoms with E-state index in [0.717, 1.165) is 24.8 Å². The van der Waals surface area contributed by atoms with Crippen molar-refractivity contribution in [2.75, 3.05) is 0 Å². The Balaban J connectivity index is 2.21. The first-order chi connectivity index (χ1) is 8.35. The van der Waals surface area contributed by atoms with Gasteiger partial charge in [-0.3, -0.25) is 0 Å². The van der Waals surface area contributed by atoms with Gasteiger partial charge in [-0.2, -0.15) is 0 Å². The molecule has 0 amide bonds. The molecule has 2 aromatic rings. The molecule has 0 aliphatic heterocycles. The van der Waals surface area contributed by atoms with E-state index in [1.54, 1.807) is 0 Å². The van der Waals surface area contributed by atoms with Gasteiger partial charge in [0.25, 0.3) is 5.82 Å². The SMILES string of the molecule is CCn1c(CO)[n+](CC2CC2)c2ccccc21. The third-order valence-electron chi connectivity index (χ3n) is 3.68. The summed E-state index contributed by atoms with van der Waals surface area (Å²) in [4.78, 5) is 0. The fraction of sp³-hybridized carbons (Fsp3) is 0.500. The molecule has 90 valence electrons. The van der Waals surface area contributed by atoms with Crippen molar-refractivity contribution in [2.45, 2.75) is 39.5 Å². The summed E-state index contributed by atoms with van der Waals surface area (Å²) in [6.07, 6.45) is 2.67. The Morgan fingerprint density at radius 1 is 1.35 bits per heavy atom. The van der Waals surface area contributed by atoms with Gasteiger partial charge in [0.2, 0.25) is 0 Å². The number of hydrogen-bond acceptors (Lipinski definition) is 1. The van der Waals surface area contributed by atoms with Crippen molar-refractivity contribution in [3.63, 3.8) is 0 Å². The normalized spacial score (nSPS) is 15.6. The molecular formula is C14H19N2O+. The van der Waals surface area contributed by atoms with Crippen molar-refractivity contribution in [3.8, 4) is 0 Å². The third-order valence-corrected chi connectivity index (χ3v) is 3.68. The highest BCUT2D eigenvalue weighted by Crippen LogP contribution is 2.30. The molecule has 0 unspecified atom stereocenters. The molecular weight excluding hydrogens is 212 g/mol. The Morgan fingerprint density at radius 2 is 2.12 bits per heavy atom. The lowest BCUT2D eigenvalue weighted by molar-refractivity contribution is -0.685. The zero-order chi connectivity index (χ0) is 11.8. The summed E-state index contributed by atoms with van der Waals surface area (Å²) in [7, 11) is 0. The minimum absolute atomic E-state index is 0.120. The number of aliphatic hydroxyl groups excluding tert-OH is 1. The lowest BCUT2D eigenvalue weighted by atomic mass is 10.3. The zero-order valence-corrected chi connectivity index (χ0v) is 10.3. The highest BCUT2D eigenvalue weighted by Gasteiger charge is 2.30. The van der Waals surface area contributed by atoms with E-state index in [1.165, 1.54) is 23.9 Å². The molecule has 1 N–H and O–H groups in total. The first-order valence-corrected chi connectivity index (χ1v) is 6.46. The standard InChI is InChI=1S/C14H19N2O/c1-2-15-12-5-3-4-6-13(12)16(14(15)10-17)9-11-7-8-11/h3-6,11,17H,2,7-10H2,1H3/q+1. The molecule has 3 rings (SSSR count). The van der Waals surface area contributed by atoms with Crippen molar-refractivity contribution in [1.29, 1.82) is 0 Å². The van der Waals surface area contributed by atoms with Gasteiger partial charge in [-0.05, 0) is 37.8 Å². The first kappa shape index (κ1) is 10.8. The highest BCUT2D eigenvalue weighted by molar-refractivity contribution is 5.72. The zero-order valence-electron chi connectivity index (χ0n) is 10.3. The molecule has 1 saturated carbocycles. The van der Waals surface area contributed by atoms with Gasteiger partial charge in [0.05, 0.1) is 13.1 Å². The fourth-order valence-corrected chi connectivity index (χ4v) is 2.63. The number of rotatable bonds is 4. The Bertz CT molecular complexity index is 540. The summed E-state index contributed by atoms with van der Waals surface area (Å²) < 4.78 is 4.52.